The summed E-state index contributed by atoms with van der Waals surface area (Å²) < 4.78 is 34.8. The molecule has 0 aromatic carbocycles. The SMILES string of the molecule is CC12N3COCN1C(=O)N1COCN(C3=O)C12CCC(CCC12N3COCN1C(=O)N1COCN(C3=O)C12C)CCC12N3COCN1C(=O)N1COCN(C3=O)C12C. The lowest BCUT2D eigenvalue weighted by molar-refractivity contribution is -0.202. The molecule has 0 aliphatic carbocycles. The Balaban J connectivity index is 0.931. The molecule has 12 fully saturated rings. The minimum atomic E-state index is -1.09. The number of ether oxygens (including phenoxy) is 6. The summed E-state index contributed by atoms with van der Waals surface area (Å²) in [7, 11) is 0. The van der Waals surface area contributed by atoms with Gasteiger partial charge in [0.1, 0.15) is 80.8 Å². The molecule has 24 nitrogen and oxygen atoms in total. The van der Waals surface area contributed by atoms with Crippen LogP contribution in [-0.4, -0.2) is 210 Å². The molecular weight excluding hydrogens is 768 g/mol. The van der Waals surface area contributed by atoms with Crippen molar-refractivity contribution in [1.29, 1.82) is 0 Å². The van der Waals surface area contributed by atoms with Gasteiger partial charge in [0.25, 0.3) is 0 Å². The van der Waals surface area contributed by atoms with E-state index in [1.807, 2.05) is 20.8 Å². The number of hydrogen-bond acceptors (Lipinski definition) is 12. The highest BCUT2D eigenvalue weighted by molar-refractivity contribution is 5.90. The van der Waals surface area contributed by atoms with Crippen molar-refractivity contribution in [3.8, 4) is 0 Å². The van der Waals surface area contributed by atoms with E-state index >= 15 is 0 Å². The maximum Gasteiger partial charge on any atom is 0.327 e. The molecule has 0 unspecified atom stereocenters. The average molecular weight is 815 g/mol. The van der Waals surface area contributed by atoms with E-state index < -0.39 is 34.0 Å². The zero-order valence-corrected chi connectivity index (χ0v) is 32.6. The van der Waals surface area contributed by atoms with Gasteiger partial charge in [0.15, 0.2) is 34.0 Å². The van der Waals surface area contributed by atoms with Gasteiger partial charge in [0, 0.05) is 0 Å². The van der Waals surface area contributed by atoms with Crippen molar-refractivity contribution in [1.82, 2.24) is 58.8 Å². The minimum absolute atomic E-state index is 0.0000905. The van der Waals surface area contributed by atoms with Crippen LogP contribution in [0.25, 0.3) is 0 Å². The summed E-state index contributed by atoms with van der Waals surface area (Å²) in [6, 6.07) is -1.73. The van der Waals surface area contributed by atoms with Crippen molar-refractivity contribution in [3.05, 3.63) is 0 Å². The molecule has 0 spiro atoms. The molecule has 12 rings (SSSR count). The Hall–Kier alpha value is -4.62. The van der Waals surface area contributed by atoms with Gasteiger partial charge in [0.05, 0.1) is 0 Å². The van der Waals surface area contributed by atoms with Crippen LogP contribution in [0.15, 0.2) is 0 Å². The van der Waals surface area contributed by atoms with Gasteiger partial charge in [-0.2, -0.15) is 0 Å². The minimum Gasteiger partial charge on any atom is -0.340 e. The van der Waals surface area contributed by atoms with Gasteiger partial charge in [-0.25, -0.2) is 28.8 Å². The number of carbonyl (C=O) groups excluding carboxylic acids is 6. The molecule has 0 aromatic heterocycles. The van der Waals surface area contributed by atoms with Gasteiger partial charge >= 0.3 is 36.2 Å². The van der Waals surface area contributed by atoms with Crippen LogP contribution in [0.1, 0.15) is 59.3 Å². The van der Waals surface area contributed by atoms with Crippen molar-refractivity contribution in [2.24, 2.45) is 5.92 Å². The van der Waals surface area contributed by atoms with Crippen molar-refractivity contribution in [3.63, 3.8) is 0 Å². The second kappa shape index (κ2) is 10.9. The zero-order chi connectivity index (χ0) is 39.9. The fraction of sp³-hybridized carbons (Fsp3) is 0.824. The molecular formula is C34H46N12O12. The number of amides is 12. The largest absolute Gasteiger partial charge is 0.340 e. The first-order chi connectivity index (χ1) is 27.9. The second-order valence-electron chi connectivity index (χ2n) is 17.6. The van der Waals surface area contributed by atoms with Gasteiger partial charge in [0.2, 0.25) is 0 Å². The number of hydrogen-bond donors (Lipinski definition) is 0. The van der Waals surface area contributed by atoms with Crippen LogP contribution >= 0.6 is 0 Å². The van der Waals surface area contributed by atoms with Crippen molar-refractivity contribution in [2.45, 2.75) is 93.3 Å². The molecule has 58 heavy (non-hydrogen) atoms. The summed E-state index contributed by atoms with van der Waals surface area (Å²) in [5.74, 6) is -0.180. The van der Waals surface area contributed by atoms with E-state index in [9.17, 15) is 28.8 Å². The van der Waals surface area contributed by atoms with Gasteiger partial charge in [-0.05, 0) is 65.2 Å². The molecule has 12 aliphatic heterocycles. The molecule has 0 bridgehead atoms. The number of urea groups is 6. The van der Waals surface area contributed by atoms with E-state index in [1.54, 1.807) is 58.8 Å². The van der Waals surface area contributed by atoms with Crippen molar-refractivity contribution in [2.75, 3.05) is 80.8 Å². The lowest BCUT2D eigenvalue weighted by Gasteiger charge is -2.52. The summed E-state index contributed by atoms with van der Waals surface area (Å²) in [4.78, 5) is 104. The van der Waals surface area contributed by atoms with Gasteiger partial charge in [-0.3, -0.25) is 58.8 Å². The van der Waals surface area contributed by atoms with Crippen LogP contribution in [0.5, 0.6) is 0 Å². The van der Waals surface area contributed by atoms with Crippen molar-refractivity contribution >= 4 is 36.2 Å². The normalized spacial score (nSPS) is 41.0. The van der Waals surface area contributed by atoms with Crippen LogP contribution in [0.4, 0.5) is 28.8 Å². The van der Waals surface area contributed by atoms with E-state index in [-0.39, 0.29) is 123 Å². The molecule has 0 aromatic rings. The standard InChI is InChI=1S/C34H46N12O12/c1-29-32(41-16-56-17-42(32)24(48)36(29)11-53-10-35(29)23(41)47)7-4-22(5-8-33-30(2)37-12-54-13-38(30)26(50)44(33)19-57-18-43(33)25(37)49)6-9-34-31(3)39-14-55-15-40(31)28(52)46(34)21-58-20-45(34)27(39)51/h22H,4-21H2,1-3H3. The Bertz CT molecular complexity index is 1650. The predicted octanol–water partition coefficient (Wildman–Crippen LogP) is 0.278. The Kier molecular flexibility index (Phi) is 6.67. The van der Waals surface area contributed by atoms with E-state index in [1.165, 1.54) is 0 Å². The smallest absolute Gasteiger partial charge is 0.327 e. The molecule has 12 aliphatic rings. The Labute approximate surface area is 331 Å². The first kappa shape index (κ1) is 35.3. The highest BCUT2D eigenvalue weighted by Gasteiger charge is 2.81. The monoisotopic (exact) mass is 814 g/mol. The second-order valence-corrected chi connectivity index (χ2v) is 17.6. The fourth-order valence-electron chi connectivity index (χ4n) is 13.2. The third kappa shape index (κ3) is 3.38. The molecule has 314 valence electrons. The molecule has 12 heterocycles. The van der Waals surface area contributed by atoms with E-state index in [4.69, 9.17) is 28.4 Å². The molecule has 24 heteroatoms. The first-order valence-corrected chi connectivity index (χ1v) is 19.9. The predicted molar refractivity (Wildman–Crippen MR) is 184 cm³/mol. The Morgan fingerprint density at radius 3 is 0.707 bits per heavy atom. The summed E-state index contributed by atoms with van der Waals surface area (Å²) in [6.07, 6.45) is 2.60. The van der Waals surface area contributed by atoms with Crippen LogP contribution < -0.4 is 0 Å². The third-order valence-electron chi connectivity index (χ3n) is 16.2. The van der Waals surface area contributed by atoms with Crippen LogP contribution in [0, 0.1) is 5.92 Å². The van der Waals surface area contributed by atoms with E-state index in [0.717, 1.165) is 0 Å². The highest BCUT2D eigenvalue weighted by Crippen LogP contribution is 2.60. The summed E-state index contributed by atoms with van der Waals surface area (Å²) in [5, 5.41) is 0. The maximum absolute atomic E-state index is 14.1. The molecule has 0 saturated carbocycles. The molecule has 12 saturated heterocycles. The molecule has 0 radical (unpaired) electrons. The number of rotatable bonds is 9. The van der Waals surface area contributed by atoms with Crippen LogP contribution in [0.3, 0.4) is 0 Å². The quantitative estimate of drug-likeness (QED) is 0.309. The highest BCUT2D eigenvalue weighted by atomic mass is 16.6. The summed E-state index contributed by atoms with van der Waals surface area (Å²) in [6.45, 7) is 5.89. The van der Waals surface area contributed by atoms with Crippen molar-refractivity contribution < 1.29 is 57.2 Å². The number of nitrogens with zero attached hydrogens (tertiary/aromatic N) is 12. The average Bonchev–Trinajstić information content (AvgIpc) is 3.86. The Morgan fingerprint density at radius 2 is 0.517 bits per heavy atom. The van der Waals surface area contributed by atoms with Gasteiger partial charge < -0.3 is 28.4 Å². The summed E-state index contributed by atoms with van der Waals surface area (Å²) >= 11 is 0. The van der Waals surface area contributed by atoms with Crippen LogP contribution in [0.2, 0.25) is 0 Å². The molecule has 0 N–H and O–H groups in total. The van der Waals surface area contributed by atoms with E-state index in [2.05, 4.69) is 0 Å². The topological polar surface area (TPSA) is 197 Å². The van der Waals surface area contributed by atoms with E-state index in [0.29, 0.717) is 38.5 Å². The van der Waals surface area contributed by atoms with Gasteiger partial charge in [-0.1, -0.05) is 0 Å². The van der Waals surface area contributed by atoms with Crippen LogP contribution in [-0.2, 0) is 28.4 Å². The summed E-state index contributed by atoms with van der Waals surface area (Å²) in [5.41, 5.74) is -6.43. The Morgan fingerprint density at radius 1 is 0.345 bits per heavy atom. The third-order valence-corrected chi connectivity index (χ3v) is 16.2. The molecule has 0 atom stereocenters. The zero-order valence-electron chi connectivity index (χ0n) is 32.6. The molecule has 12 amide bonds. The lowest BCUT2D eigenvalue weighted by atomic mass is 9.78. The lowest BCUT2D eigenvalue weighted by Crippen LogP contribution is -2.70. The maximum atomic E-state index is 14.1. The fourth-order valence-corrected chi connectivity index (χ4v) is 13.2. The van der Waals surface area contributed by atoms with Gasteiger partial charge in [-0.15, -0.1) is 0 Å². The first-order valence-electron chi connectivity index (χ1n) is 19.9. The number of carbonyl (C=O) groups is 6.